The minimum atomic E-state index is -0.274. The number of aromatic nitrogens is 1. The molecule has 118 valence electrons. The molecule has 2 heterocycles. The maximum Gasteiger partial charge on any atom is 0.320 e. The van der Waals surface area contributed by atoms with Crippen LogP contribution in [0.4, 0.5) is 10.6 Å². The van der Waals surface area contributed by atoms with Crippen molar-refractivity contribution in [3.05, 3.63) is 11.8 Å². The Labute approximate surface area is 125 Å². The summed E-state index contributed by atoms with van der Waals surface area (Å²) in [6.07, 6.45) is 0.450. The van der Waals surface area contributed by atoms with E-state index in [1.807, 2.05) is 0 Å². The standard InChI is InChI=1S/C14H24N4O3/c1-9(18-7-11(3)20-12(4)8-18)6-15-14(19)16-13-5-10(2)21-17-13/h5,9,11-12H,6-8H2,1-4H3,(H2,15,16,17,19)/t9-,11-,12+/m0/s1. The van der Waals surface area contributed by atoms with Gasteiger partial charge in [0.25, 0.3) is 0 Å². The molecule has 0 bridgehead atoms. The van der Waals surface area contributed by atoms with Crippen LogP contribution >= 0.6 is 0 Å². The molecule has 2 amide bonds. The molecule has 2 rings (SSSR count). The Morgan fingerprint density at radius 2 is 2.14 bits per heavy atom. The van der Waals surface area contributed by atoms with Crippen molar-refractivity contribution >= 4 is 11.8 Å². The number of aryl methyl sites for hydroxylation is 1. The third-order valence-corrected chi connectivity index (χ3v) is 3.50. The Morgan fingerprint density at radius 3 is 2.71 bits per heavy atom. The fourth-order valence-electron chi connectivity index (χ4n) is 2.53. The molecule has 1 fully saturated rings. The first-order valence-electron chi connectivity index (χ1n) is 7.31. The Balaban J connectivity index is 1.75. The summed E-state index contributed by atoms with van der Waals surface area (Å²) >= 11 is 0. The molecule has 1 aliphatic heterocycles. The first-order valence-corrected chi connectivity index (χ1v) is 7.31. The van der Waals surface area contributed by atoms with Crippen LogP contribution in [-0.2, 0) is 4.74 Å². The number of urea groups is 1. The summed E-state index contributed by atoms with van der Waals surface area (Å²) in [5.74, 6) is 1.08. The zero-order chi connectivity index (χ0) is 15.4. The maximum atomic E-state index is 11.8. The Kier molecular flexibility index (Phi) is 5.19. The van der Waals surface area contributed by atoms with Crippen molar-refractivity contribution in [2.75, 3.05) is 25.0 Å². The third-order valence-electron chi connectivity index (χ3n) is 3.50. The topological polar surface area (TPSA) is 79.6 Å². The molecule has 7 nitrogen and oxygen atoms in total. The monoisotopic (exact) mass is 296 g/mol. The average molecular weight is 296 g/mol. The van der Waals surface area contributed by atoms with Gasteiger partial charge in [0, 0.05) is 31.7 Å². The largest absolute Gasteiger partial charge is 0.373 e. The number of amides is 2. The number of ether oxygens (including phenoxy) is 1. The van der Waals surface area contributed by atoms with Crippen LogP contribution in [0.15, 0.2) is 10.6 Å². The van der Waals surface area contributed by atoms with Gasteiger partial charge in [-0.05, 0) is 27.7 Å². The lowest BCUT2D eigenvalue weighted by molar-refractivity contribution is -0.0777. The van der Waals surface area contributed by atoms with Crippen LogP contribution in [0.5, 0.6) is 0 Å². The van der Waals surface area contributed by atoms with E-state index in [2.05, 4.69) is 41.5 Å². The van der Waals surface area contributed by atoms with E-state index in [0.717, 1.165) is 13.1 Å². The van der Waals surface area contributed by atoms with Crippen LogP contribution in [0.1, 0.15) is 26.5 Å². The molecule has 1 aromatic rings. The van der Waals surface area contributed by atoms with Crippen molar-refractivity contribution < 1.29 is 14.1 Å². The van der Waals surface area contributed by atoms with Crippen molar-refractivity contribution in [2.45, 2.75) is 45.9 Å². The molecule has 21 heavy (non-hydrogen) atoms. The third kappa shape index (κ3) is 4.71. The second-order valence-electron chi connectivity index (χ2n) is 5.72. The van der Waals surface area contributed by atoms with Crippen LogP contribution < -0.4 is 10.6 Å². The van der Waals surface area contributed by atoms with Crippen molar-refractivity contribution in [1.29, 1.82) is 0 Å². The normalized spacial score (nSPS) is 24.6. The lowest BCUT2D eigenvalue weighted by Crippen LogP contribution is -2.52. The highest BCUT2D eigenvalue weighted by molar-refractivity contribution is 5.88. The number of hydrogen-bond acceptors (Lipinski definition) is 5. The van der Waals surface area contributed by atoms with E-state index in [-0.39, 0.29) is 24.3 Å². The van der Waals surface area contributed by atoms with E-state index in [1.54, 1.807) is 13.0 Å². The molecule has 3 atom stereocenters. The molecule has 0 radical (unpaired) electrons. The van der Waals surface area contributed by atoms with E-state index in [4.69, 9.17) is 9.26 Å². The summed E-state index contributed by atoms with van der Waals surface area (Å²) in [5, 5.41) is 9.21. The van der Waals surface area contributed by atoms with Gasteiger partial charge in [0.15, 0.2) is 5.82 Å². The number of nitrogens with one attached hydrogen (secondary N) is 2. The molecule has 1 aliphatic rings. The molecular formula is C14H24N4O3. The van der Waals surface area contributed by atoms with Gasteiger partial charge in [-0.2, -0.15) is 0 Å². The van der Waals surface area contributed by atoms with Gasteiger partial charge >= 0.3 is 6.03 Å². The van der Waals surface area contributed by atoms with Gasteiger partial charge in [0.1, 0.15) is 5.76 Å². The highest BCUT2D eigenvalue weighted by Crippen LogP contribution is 2.13. The van der Waals surface area contributed by atoms with E-state index in [0.29, 0.717) is 18.1 Å². The van der Waals surface area contributed by atoms with Gasteiger partial charge in [-0.25, -0.2) is 4.79 Å². The van der Waals surface area contributed by atoms with Crippen molar-refractivity contribution in [2.24, 2.45) is 0 Å². The number of nitrogens with zero attached hydrogens (tertiary/aromatic N) is 2. The molecule has 0 aromatic carbocycles. The molecular weight excluding hydrogens is 272 g/mol. The van der Waals surface area contributed by atoms with Crippen molar-refractivity contribution in [3.63, 3.8) is 0 Å². The number of anilines is 1. The molecule has 0 spiro atoms. The van der Waals surface area contributed by atoms with Crippen molar-refractivity contribution in [1.82, 2.24) is 15.4 Å². The second-order valence-corrected chi connectivity index (χ2v) is 5.72. The van der Waals surface area contributed by atoms with Gasteiger partial charge in [-0.1, -0.05) is 5.16 Å². The maximum absolute atomic E-state index is 11.8. The fourth-order valence-corrected chi connectivity index (χ4v) is 2.53. The van der Waals surface area contributed by atoms with Crippen LogP contribution in [0, 0.1) is 6.92 Å². The Morgan fingerprint density at radius 1 is 1.48 bits per heavy atom. The SMILES string of the molecule is Cc1cc(NC(=O)NC[C@H](C)N2C[C@@H](C)O[C@@H](C)C2)no1. The number of carbonyl (C=O) groups is 1. The summed E-state index contributed by atoms with van der Waals surface area (Å²) in [5.41, 5.74) is 0. The predicted molar refractivity (Wildman–Crippen MR) is 79.3 cm³/mol. The summed E-state index contributed by atoms with van der Waals surface area (Å²) in [6.45, 7) is 10.4. The van der Waals surface area contributed by atoms with E-state index in [9.17, 15) is 4.79 Å². The molecule has 0 unspecified atom stereocenters. The Hall–Kier alpha value is -1.60. The number of morpholine rings is 1. The Bertz CT molecular complexity index is 467. The minimum Gasteiger partial charge on any atom is -0.373 e. The lowest BCUT2D eigenvalue weighted by Gasteiger charge is -2.38. The molecule has 0 aliphatic carbocycles. The molecule has 7 heteroatoms. The minimum absolute atomic E-state index is 0.225. The lowest BCUT2D eigenvalue weighted by atomic mass is 10.2. The predicted octanol–water partition coefficient (Wildman–Crippen LogP) is 1.60. The van der Waals surface area contributed by atoms with Crippen LogP contribution in [0.3, 0.4) is 0 Å². The van der Waals surface area contributed by atoms with E-state index < -0.39 is 0 Å². The molecule has 1 saturated heterocycles. The van der Waals surface area contributed by atoms with Gasteiger partial charge in [0.2, 0.25) is 0 Å². The molecule has 1 aromatic heterocycles. The molecule has 2 N–H and O–H groups in total. The second kappa shape index (κ2) is 6.91. The quantitative estimate of drug-likeness (QED) is 0.882. The number of hydrogen-bond donors (Lipinski definition) is 2. The zero-order valence-corrected chi connectivity index (χ0v) is 13.0. The highest BCUT2D eigenvalue weighted by atomic mass is 16.5. The summed E-state index contributed by atoms with van der Waals surface area (Å²) in [7, 11) is 0. The van der Waals surface area contributed by atoms with E-state index in [1.165, 1.54) is 0 Å². The molecule has 0 saturated carbocycles. The smallest absolute Gasteiger partial charge is 0.320 e. The van der Waals surface area contributed by atoms with Gasteiger partial charge in [0.05, 0.1) is 12.2 Å². The first-order chi connectivity index (χ1) is 9.94. The summed E-state index contributed by atoms with van der Waals surface area (Å²) in [4.78, 5) is 14.1. The summed E-state index contributed by atoms with van der Waals surface area (Å²) < 4.78 is 10.6. The fraction of sp³-hybridized carbons (Fsp3) is 0.714. The number of rotatable bonds is 4. The van der Waals surface area contributed by atoms with Crippen LogP contribution in [-0.4, -0.2) is 54.0 Å². The first kappa shape index (κ1) is 15.8. The number of carbonyl (C=O) groups excluding carboxylic acids is 1. The van der Waals surface area contributed by atoms with Crippen LogP contribution in [0.2, 0.25) is 0 Å². The van der Waals surface area contributed by atoms with E-state index >= 15 is 0 Å². The van der Waals surface area contributed by atoms with Gasteiger partial charge in [-0.3, -0.25) is 10.2 Å². The average Bonchev–Trinajstić information content (AvgIpc) is 2.80. The van der Waals surface area contributed by atoms with Crippen LogP contribution in [0.25, 0.3) is 0 Å². The van der Waals surface area contributed by atoms with Gasteiger partial charge in [-0.15, -0.1) is 0 Å². The summed E-state index contributed by atoms with van der Waals surface area (Å²) in [6, 6.07) is 1.65. The van der Waals surface area contributed by atoms with Crippen molar-refractivity contribution in [3.8, 4) is 0 Å². The van der Waals surface area contributed by atoms with Gasteiger partial charge < -0.3 is 14.6 Å². The zero-order valence-electron chi connectivity index (χ0n) is 13.0. The highest BCUT2D eigenvalue weighted by Gasteiger charge is 2.25.